The first-order chi connectivity index (χ1) is 12.3. The van der Waals surface area contributed by atoms with Crippen molar-refractivity contribution in [1.29, 1.82) is 0 Å². The number of nitrogens with zero attached hydrogens (tertiary/aromatic N) is 2. The Morgan fingerprint density at radius 3 is 1.72 bits per heavy atom. The topological polar surface area (TPSA) is 43.2 Å². The van der Waals surface area contributed by atoms with Gasteiger partial charge in [-0.3, -0.25) is 0 Å². The number of fused-ring (bicyclic) bond motifs is 6. The Balaban J connectivity index is 1.23. The monoisotopic (exact) mass is 330 g/mol. The Kier molecular flexibility index (Phi) is 2.70. The second kappa shape index (κ2) is 4.94. The van der Waals surface area contributed by atoms with Gasteiger partial charge in [-0.2, -0.15) is 0 Å². The van der Waals surface area contributed by atoms with Gasteiger partial charge in [0.15, 0.2) is 11.8 Å². The fraction of sp³-hybridized carbons (Fsp3) is 0.333. The second-order valence-corrected chi connectivity index (χ2v) is 7.23. The number of aliphatic imine (C=N–C) groups is 2. The van der Waals surface area contributed by atoms with E-state index in [2.05, 4.69) is 48.5 Å². The molecule has 4 unspecified atom stereocenters. The Labute approximate surface area is 146 Å². The molecule has 6 rings (SSSR count). The van der Waals surface area contributed by atoms with Crippen molar-refractivity contribution in [2.75, 3.05) is 0 Å². The van der Waals surface area contributed by atoms with E-state index in [1.54, 1.807) is 0 Å². The molecule has 0 saturated carbocycles. The van der Waals surface area contributed by atoms with Crippen LogP contribution in [0.3, 0.4) is 0 Å². The lowest BCUT2D eigenvalue weighted by molar-refractivity contribution is 0.192. The summed E-state index contributed by atoms with van der Waals surface area (Å²) in [7, 11) is 0. The van der Waals surface area contributed by atoms with Crippen LogP contribution in [0.1, 0.15) is 40.8 Å². The molecule has 2 aromatic rings. The lowest BCUT2D eigenvalue weighted by Crippen LogP contribution is -2.17. The molecule has 25 heavy (non-hydrogen) atoms. The third-order valence-corrected chi connectivity index (χ3v) is 5.74. The van der Waals surface area contributed by atoms with E-state index < -0.39 is 0 Å². The van der Waals surface area contributed by atoms with Crippen LogP contribution in [0.15, 0.2) is 58.5 Å². The first kappa shape index (κ1) is 13.6. The van der Waals surface area contributed by atoms with Gasteiger partial charge in [0.1, 0.15) is 24.3 Å². The molecule has 0 saturated heterocycles. The van der Waals surface area contributed by atoms with Gasteiger partial charge in [-0.05, 0) is 22.3 Å². The van der Waals surface area contributed by atoms with E-state index in [-0.39, 0.29) is 24.3 Å². The van der Waals surface area contributed by atoms with Crippen molar-refractivity contribution in [2.45, 2.75) is 43.6 Å². The summed E-state index contributed by atoms with van der Waals surface area (Å²) in [5.74, 6) is 1.55. The summed E-state index contributed by atoms with van der Waals surface area (Å²) >= 11 is 0. The van der Waals surface area contributed by atoms with Gasteiger partial charge in [0.2, 0.25) is 0 Å². The minimum absolute atomic E-state index is 0.147. The maximum atomic E-state index is 6.11. The van der Waals surface area contributed by atoms with Crippen molar-refractivity contribution in [3.63, 3.8) is 0 Å². The highest BCUT2D eigenvalue weighted by Crippen LogP contribution is 2.42. The maximum absolute atomic E-state index is 6.11. The molecule has 4 aliphatic rings. The molecule has 4 nitrogen and oxygen atoms in total. The molecule has 4 atom stereocenters. The molecule has 0 radical (unpaired) electrons. The van der Waals surface area contributed by atoms with Gasteiger partial charge in [0.05, 0.1) is 6.42 Å². The molecule has 2 aromatic carbocycles. The third-order valence-electron chi connectivity index (χ3n) is 5.74. The zero-order valence-electron chi connectivity index (χ0n) is 13.8. The Hall–Kier alpha value is -2.62. The van der Waals surface area contributed by atoms with Crippen molar-refractivity contribution in [3.05, 3.63) is 70.8 Å². The molecule has 2 heterocycles. The fourth-order valence-corrected chi connectivity index (χ4v) is 4.62. The predicted molar refractivity (Wildman–Crippen MR) is 95.0 cm³/mol. The average Bonchev–Trinajstić information content (AvgIpc) is 3.33. The van der Waals surface area contributed by atoms with Crippen LogP contribution < -0.4 is 0 Å². The molecule has 0 spiro atoms. The smallest absolute Gasteiger partial charge is 0.193 e. The van der Waals surface area contributed by atoms with Gasteiger partial charge in [-0.1, -0.05) is 48.5 Å². The molecule has 0 amide bonds. The Morgan fingerprint density at radius 2 is 1.20 bits per heavy atom. The van der Waals surface area contributed by atoms with Gasteiger partial charge >= 0.3 is 0 Å². The van der Waals surface area contributed by atoms with Crippen molar-refractivity contribution < 1.29 is 9.47 Å². The van der Waals surface area contributed by atoms with Gasteiger partial charge in [-0.25, -0.2) is 9.98 Å². The van der Waals surface area contributed by atoms with Crippen molar-refractivity contribution in [1.82, 2.24) is 0 Å². The van der Waals surface area contributed by atoms with E-state index in [0.717, 1.165) is 24.6 Å². The van der Waals surface area contributed by atoms with Crippen LogP contribution in [-0.2, 0) is 22.3 Å². The van der Waals surface area contributed by atoms with Crippen LogP contribution in [0.5, 0.6) is 0 Å². The fourth-order valence-electron chi connectivity index (χ4n) is 4.62. The Morgan fingerprint density at radius 1 is 0.720 bits per heavy atom. The number of ether oxygens (including phenoxy) is 2. The first-order valence-corrected chi connectivity index (χ1v) is 8.97. The standard InChI is InChI=1S/C21H18N2O2/c1-3-7-14-12(5-1)9-16-20(14)22-18(24-16)11-19-23-21-15-8-4-2-6-13(15)10-17(21)25-19/h1-8,16-17,20-21H,9-11H2. The number of benzene rings is 2. The molecule has 0 fully saturated rings. The third kappa shape index (κ3) is 2.00. The molecule has 124 valence electrons. The summed E-state index contributed by atoms with van der Waals surface area (Å²) < 4.78 is 12.2. The van der Waals surface area contributed by atoms with Crippen molar-refractivity contribution in [3.8, 4) is 0 Å². The van der Waals surface area contributed by atoms with E-state index in [1.165, 1.54) is 22.3 Å². The van der Waals surface area contributed by atoms with Gasteiger partial charge < -0.3 is 9.47 Å². The summed E-state index contributed by atoms with van der Waals surface area (Å²) in [5.41, 5.74) is 5.34. The largest absolute Gasteiger partial charge is 0.474 e. The lowest BCUT2D eigenvalue weighted by atomic mass is 10.1. The predicted octanol–water partition coefficient (Wildman–Crippen LogP) is 3.57. The highest BCUT2D eigenvalue weighted by atomic mass is 16.5. The molecule has 4 heteroatoms. The summed E-state index contributed by atoms with van der Waals surface area (Å²) in [6.07, 6.45) is 2.76. The minimum atomic E-state index is 0.147. The van der Waals surface area contributed by atoms with E-state index >= 15 is 0 Å². The SMILES string of the molecule is c1ccc2c(c1)CC1OC(CC3=NC4c5ccccc5CC4O3)=NC21. The Bertz CT molecular complexity index is 857. The molecule has 2 aliphatic carbocycles. The zero-order chi connectivity index (χ0) is 16.4. The zero-order valence-corrected chi connectivity index (χ0v) is 13.8. The summed E-state index contributed by atoms with van der Waals surface area (Å²) in [6.45, 7) is 0. The molecular formula is C21H18N2O2. The number of rotatable bonds is 2. The summed E-state index contributed by atoms with van der Waals surface area (Å²) in [6, 6.07) is 17.3. The van der Waals surface area contributed by atoms with Crippen LogP contribution in [0.2, 0.25) is 0 Å². The van der Waals surface area contributed by atoms with Crippen LogP contribution in [-0.4, -0.2) is 24.0 Å². The highest BCUT2D eigenvalue weighted by Gasteiger charge is 2.42. The van der Waals surface area contributed by atoms with Crippen molar-refractivity contribution in [2.24, 2.45) is 9.98 Å². The quantitative estimate of drug-likeness (QED) is 0.845. The van der Waals surface area contributed by atoms with Crippen LogP contribution in [0.25, 0.3) is 0 Å². The lowest BCUT2D eigenvalue weighted by Gasteiger charge is -2.10. The van der Waals surface area contributed by atoms with Crippen molar-refractivity contribution >= 4 is 11.8 Å². The van der Waals surface area contributed by atoms with E-state index in [4.69, 9.17) is 19.5 Å². The normalized spacial score (nSPS) is 30.6. The highest BCUT2D eigenvalue weighted by molar-refractivity contribution is 5.98. The van der Waals surface area contributed by atoms with E-state index in [9.17, 15) is 0 Å². The molecule has 0 N–H and O–H groups in total. The van der Waals surface area contributed by atoms with Crippen LogP contribution in [0, 0.1) is 0 Å². The average molecular weight is 330 g/mol. The minimum Gasteiger partial charge on any atom is -0.474 e. The maximum Gasteiger partial charge on any atom is 0.193 e. The second-order valence-electron chi connectivity index (χ2n) is 7.23. The van der Waals surface area contributed by atoms with E-state index in [1.807, 2.05) is 0 Å². The van der Waals surface area contributed by atoms with Gasteiger partial charge in [0.25, 0.3) is 0 Å². The van der Waals surface area contributed by atoms with Gasteiger partial charge in [0, 0.05) is 12.8 Å². The summed E-state index contributed by atoms with van der Waals surface area (Å²) in [4.78, 5) is 9.65. The molecular weight excluding hydrogens is 312 g/mol. The van der Waals surface area contributed by atoms with E-state index in [0.29, 0.717) is 6.42 Å². The van der Waals surface area contributed by atoms with Gasteiger partial charge in [-0.15, -0.1) is 0 Å². The molecule has 2 aliphatic heterocycles. The molecule has 0 bridgehead atoms. The van der Waals surface area contributed by atoms with Crippen LogP contribution in [0.4, 0.5) is 0 Å². The number of hydrogen-bond acceptors (Lipinski definition) is 4. The molecule has 0 aromatic heterocycles. The number of hydrogen-bond donors (Lipinski definition) is 0. The van der Waals surface area contributed by atoms with Crippen LogP contribution >= 0.6 is 0 Å². The first-order valence-electron chi connectivity index (χ1n) is 8.97. The summed E-state index contributed by atoms with van der Waals surface area (Å²) in [5, 5.41) is 0.